The van der Waals surface area contributed by atoms with Gasteiger partial charge in [-0.3, -0.25) is 0 Å². The molecule has 2 aromatic carbocycles. The minimum atomic E-state index is -0.508. The van der Waals surface area contributed by atoms with E-state index in [-0.39, 0.29) is 0 Å². The van der Waals surface area contributed by atoms with Gasteiger partial charge in [0.2, 0.25) is 0 Å². The van der Waals surface area contributed by atoms with Crippen LogP contribution in [0.3, 0.4) is 0 Å². The summed E-state index contributed by atoms with van der Waals surface area (Å²) in [6.07, 6.45) is 3.29. The number of nitrogens with two attached hydrogens (primary N) is 1. The maximum atomic E-state index is 10.9. The molecular formula is C19H21Cl2N2OS+. The van der Waals surface area contributed by atoms with Crippen molar-refractivity contribution >= 4 is 61.1 Å². The van der Waals surface area contributed by atoms with Crippen LogP contribution in [0.4, 0.5) is 5.69 Å². The summed E-state index contributed by atoms with van der Waals surface area (Å²) in [5.74, 6) is 0. The molecule has 1 unspecified atom stereocenters. The Balaban J connectivity index is 1.83. The maximum Gasteiger partial charge on any atom is 0.129 e. The van der Waals surface area contributed by atoms with Gasteiger partial charge in [-0.25, -0.2) is 0 Å². The Kier molecular flexibility index (Phi) is 4.82. The Hall–Kier alpha value is -1.04. The number of rotatable bonds is 3. The molecule has 1 aliphatic heterocycles. The minimum Gasteiger partial charge on any atom is -0.396 e. The van der Waals surface area contributed by atoms with E-state index in [1.54, 1.807) is 11.3 Å². The third-order valence-electron chi connectivity index (χ3n) is 5.21. The zero-order valence-corrected chi connectivity index (χ0v) is 16.1. The number of fused-ring (bicyclic) bond motifs is 3. The SMILES string of the molecule is Nc1c(Cl)cc2c(cc(C(O)C[NH+]3CCCCC3)c3sccc32)c1Cl. The summed E-state index contributed by atoms with van der Waals surface area (Å²) in [4.78, 5) is 1.48. The minimum absolute atomic E-state index is 0.396. The Bertz CT molecular complexity index is 934. The molecule has 2 heterocycles. The van der Waals surface area contributed by atoms with E-state index in [9.17, 15) is 5.11 Å². The number of quaternary nitrogens is 1. The van der Waals surface area contributed by atoms with Crippen molar-refractivity contribution in [2.24, 2.45) is 0 Å². The molecule has 4 rings (SSSR count). The van der Waals surface area contributed by atoms with E-state index in [0.29, 0.717) is 15.7 Å². The molecule has 0 radical (unpaired) electrons. The predicted octanol–water partition coefficient (Wildman–Crippen LogP) is 4.05. The highest BCUT2D eigenvalue weighted by molar-refractivity contribution is 7.17. The molecule has 3 aromatic rings. The number of hydrogen-bond donors (Lipinski definition) is 3. The zero-order valence-electron chi connectivity index (χ0n) is 13.8. The van der Waals surface area contributed by atoms with Crippen molar-refractivity contribution in [3.8, 4) is 0 Å². The molecular weight excluding hydrogens is 375 g/mol. The molecule has 3 nitrogen and oxygen atoms in total. The fraction of sp³-hybridized carbons (Fsp3) is 0.368. The van der Waals surface area contributed by atoms with E-state index in [1.165, 1.54) is 24.2 Å². The molecule has 6 heteroatoms. The smallest absolute Gasteiger partial charge is 0.129 e. The molecule has 1 aromatic heterocycles. The van der Waals surface area contributed by atoms with Gasteiger partial charge < -0.3 is 15.7 Å². The van der Waals surface area contributed by atoms with Crippen molar-refractivity contribution in [3.05, 3.63) is 39.2 Å². The van der Waals surface area contributed by atoms with Crippen molar-refractivity contribution in [1.82, 2.24) is 0 Å². The van der Waals surface area contributed by atoms with Crippen molar-refractivity contribution in [2.75, 3.05) is 25.4 Å². The van der Waals surface area contributed by atoms with Crippen molar-refractivity contribution in [3.63, 3.8) is 0 Å². The summed E-state index contributed by atoms with van der Waals surface area (Å²) < 4.78 is 1.10. The Morgan fingerprint density at radius 1 is 1.12 bits per heavy atom. The first kappa shape index (κ1) is 17.4. The number of nitrogen functional groups attached to an aromatic ring is 1. The van der Waals surface area contributed by atoms with Crippen LogP contribution in [-0.2, 0) is 0 Å². The van der Waals surface area contributed by atoms with E-state index in [2.05, 4.69) is 6.07 Å². The predicted molar refractivity (Wildman–Crippen MR) is 108 cm³/mol. The molecule has 1 aliphatic rings. The quantitative estimate of drug-likeness (QED) is 0.585. The number of piperidine rings is 1. The lowest BCUT2D eigenvalue weighted by atomic mass is 9.98. The van der Waals surface area contributed by atoms with Crippen LogP contribution < -0.4 is 10.6 Å². The van der Waals surface area contributed by atoms with Crippen molar-refractivity contribution in [1.29, 1.82) is 0 Å². The number of benzene rings is 2. The fourth-order valence-corrected chi connectivity index (χ4v) is 5.35. The van der Waals surface area contributed by atoms with Crippen LogP contribution in [0.15, 0.2) is 23.6 Å². The van der Waals surface area contributed by atoms with Gasteiger partial charge in [-0.1, -0.05) is 23.2 Å². The summed E-state index contributed by atoms with van der Waals surface area (Å²) in [6, 6.07) is 5.94. The van der Waals surface area contributed by atoms with Crippen molar-refractivity contribution < 1.29 is 10.0 Å². The lowest BCUT2D eigenvalue weighted by Gasteiger charge is -2.26. The average molecular weight is 396 g/mol. The standard InChI is InChI=1S/C19H20Cl2N2OS/c20-15-9-12-11-4-7-25-19(11)14(8-13(12)17(21)18(15)22)16(24)10-23-5-2-1-3-6-23/h4,7-9,16,24H,1-3,5-6,10,22H2/p+1. The molecule has 25 heavy (non-hydrogen) atoms. The van der Waals surface area contributed by atoms with Gasteiger partial charge in [0.05, 0.1) is 28.8 Å². The van der Waals surface area contributed by atoms with Crippen molar-refractivity contribution in [2.45, 2.75) is 25.4 Å². The Morgan fingerprint density at radius 3 is 2.64 bits per heavy atom. The number of halogens is 2. The van der Waals surface area contributed by atoms with Crippen LogP contribution in [0.5, 0.6) is 0 Å². The molecule has 0 amide bonds. The number of thiophene rings is 1. The van der Waals surface area contributed by atoms with E-state index in [4.69, 9.17) is 28.9 Å². The summed E-state index contributed by atoms with van der Waals surface area (Å²) in [5.41, 5.74) is 7.35. The van der Waals surface area contributed by atoms with Gasteiger partial charge in [-0.05, 0) is 48.2 Å². The number of hydrogen-bond acceptors (Lipinski definition) is 3. The first-order valence-corrected chi connectivity index (χ1v) is 10.3. The molecule has 0 spiro atoms. The molecule has 132 valence electrons. The number of aliphatic hydroxyl groups is 1. The van der Waals surface area contributed by atoms with Crippen LogP contribution in [0.25, 0.3) is 20.9 Å². The second kappa shape index (κ2) is 6.93. The van der Waals surface area contributed by atoms with Crippen LogP contribution in [-0.4, -0.2) is 24.7 Å². The molecule has 0 aliphatic carbocycles. The van der Waals surface area contributed by atoms with Gasteiger partial charge in [-0.15, -0.1) is 11.3 Å². The average Bonchev–Trinajstić information content (AvgIpc) is 3.10. The molecule has 0 saturated carbocycles. The van der Waals surface area contributed by atoms with E-state index in [1.807, 2.05) is 17.5 Å². The second-order valence-electron chi connectivity index (χ2n) is 6.84. The van der Waals surface area contributed by atoms with Gasteiger partial charge in [0.1, 0.15) is 12.6 Å². The van der Waals surface area contributed by atoms with E-state index < -0.39 is 6.10 Å². The summed E-state index contributed by atoms with van der Waals surface area (Å²) in [7, 11) is 0. The summed E-state index contributed by atoms with van der Waals surface area (Å²) in [5, 5.41) is 16.9. The van der Waals surface area contributed by atoms with Crippen LogP contribution in [0, 0.1) is 0 Å². The third-order valence-corrected chi connectivity index (χ3v) is 6.89. The van der Waals surface area contributed by atoms with E-state index in [0.717, 1.165) is 46.1 Å². The third kappa shape index (κ3) is 3.11. The fourth-order valence-electron chi connectivity index (χ4n) is 3.87. The monoisotopic (exact) mass is 395 g/mol. The molecule has 1 saturated heterocycles. The topological polar surface area (TPSA) is 50.7 Å². The maximum absolute atomic E-state index is 10.9. The first-order valence-electron chi connectivity index (χ1n) is 8.65. The van der Waals surface area contributed by atoms with Gasteiger partial charge in [0, 0.05) is 21.0 Å². The van der Waals surface area contributed by atoms with Gasteiger partial charge in [0.25, 0.3) is 0 Å². The highest BCUT2D eigenvalue weighted by Crippen LogP contribution is 2.42. The molecule has 4 N–H and O–H groups in total. The van der Waals surface area contributed by atoms with Gasteiger partial charge >= 0.3 is 0 Å². The van der Waals surface area contributed by atoms with Crippen LogP contribution >= 0.6 is 34.5 Å². The normalized spacial score (nSPS) is 17.4. The molecule has 1 fully saturated rings. The highest BCUT2D eigenvalue weighted by Gasteiger charge is 2.23. The van der Waals surface area contributed by atoms with Crippen LogP contribution in [0.2, 0.25) is 10.0 Å². The van der Waals surface area contributed by atoms with Gasteiger partial charge in [0.15, 0.2) is 0 Å². The Morgan fingerprint density at radius 2 is 1.88 bits per heavy atom. The number of nitrogens with one attached hydrogen (secondary N) is 1. The highest BCUT2D eigenvalue weighted by atomic mass is 35.5. The zero-order chi connectivity index (χ0) is 17.6. The summed E-state index contributed by atoms with van der Waals surface area (Å²) >= 11 is 14.4. The summed E-state index contributed by atoms with van der Waals surface area (Å²) in [6.45, 7) is 3.02. The molecule has 1 atom stereocenters. The Labute approximate surface area is 160 Å². The largest absolute Gasteiger partial charge is 0.396 e. The van der Waals surface area contributed by atoms with Crippen LogP contribution in [0.1, 0.15) is 30.9 Å². The number of aliphatic hydroxyl groups excluding tert-OH is 1. The first-order chi connectivity index (χ1) is 12.1. The lowest BCUT2D eigenvalue weighted by molar-refractivity contribution is -0.908. The number of likely N-dealkylation sites (tertiary alicyclic amines) is 1. The van der Waals surface area contributed by atoms with Gasteiger partial charge in [-0.2, -0.15) is 0 Å². The molecule has 0 bridgehead atoms. The second-order valence-corrected chi connectivity index (χ2v) is 8.54. The number of anilines is 1. The van der Waals surface area contributed by atoms with E-state index >= 15 is 0 Å². The lowest BCUT2D eigenvalue weighted by Crippen LogP contribution is -3.13.